The molecule has 3 heterocycles. The summed E-state index contributed by atoms with van der Waals surface area (Å²) in [6.45, 7) is 2.21. The molecule has 186 valence electrons. The normalized spacial score (nSPS) is 18.8. The molecule has 2 N–H and O–H groups in total. The number of ether oxygens (including phenoxy) is 2. The standard InChI is InChI=1S/C20H24F2N6O4S.CH4/c1-30-19(33)24-9-15-11-28(20(29)32-15)14-6-16(21)18(17(22)7-14)26-2-3-27(31-5-4-26)10-13-8-23-12-25-13;/h6-8,12,15H,2-5,9-11H2,1H3,(H,23,25)(H,24,33);1H4/t15-;/m0./s1. The fourth-order valence-electron chi connectivity index (χ4n) is 3.72. The third-order valence-corrected chi connectivity index (χ3v) is 5.63. The highest BCUT2D eigenvalue weighted by atomic mass is 32.1. The summed E-state index contributed by atoms with van der Waals surface area (Å²) in [4.78, 5) is 27.7. The molecular formula is C21H28F2N6O4S. The van der Waals surface area contributed by atoms with Crippen LogP contribution in [0.25, 0.3) is 0 Å². The van der Waals surface area contributed by atoms with Crippen molar-refractivity contribution in [3.05, 3.63) is 42.0 Å². The number of methoxy groups -OCH3 is 1. The van der Waals surface area contributed by atoms with Crippen molar-refractivity contribution in [3.63, 3.8) is 0 Å². The predicted octanol–water partition coefficient (Wildman–Crippen LogP) is 2.42. The van der Waals surface area contributed by atoms with Gasteiger partial charge < -0.3 is 24.7 Å². The van der Waals surface area contributed by atoms with Crippen molar-refractivity contribution in [2.24, 2.45) is 0 Å². The van der Waals surface area contributed by atoms with Gasteiger partial charge in [0.05, 0.1) is 51.1 Å². The fraction of sp³-hybridized carbons (Fsp3) is 0.476. The summed E-state index contributed by atoms with van der Waals surface area (Å²) in [6, 6.07) is 2.28. The van der Waals surface area contributed by atoms with Crippen molar-refractivity contribution in [1.29, 1.82) is 0 Å². The molecule has 0 bridgehead atoms. The van der Waals surface area contributed by atoms with E-state index in [1.165, 1.54) is 12.0 Å². The van der Waals surface area contributed by atoms with Crippen LogP contribution in [0.5, 0.6) is 0 Å². The van der Waals surface area contributed by atoms with Gasteiger partial charge in [0.1, 0.15) is 11.8 Å². The fourth-order valence-corrected chi connectivity index (χ4v) is 3.80. The number of carbonyl (C=O) groups is 1. The van der Waals surface area contributed by atoms with Gasteiger partial charge in [0.25, 0.3) is 5.17 Å². The third kappa shape index (κ3) is 5.90. The molecule has 0 unspecified atom stereocenters. The lowest BCUT2D eigenvalue weighted by atomic mass is 10.2. The Kier molecular flexibility index (Phi) is 8.58. The number of amides is 1. The highest BCUT2D eigenvalue weighted by Crippen LogP contribution is 2.31. The first-order valence-corrected chi connectivity index (χ1v) is 10.7. The molecule has 34 heavy (non-hydrogen) atoms. The van der Waals surface area contributed by atoms with Crippen LogP contribution >= 0.6 is 12.2 Å². The number of cyclic esters (lactones) is 1. The molecule has 0 aliphatic carbocycles. The lowest BCUT2D eigenvalue weighted by Crippen LogP contribution is -2.34. The van der Waals surface area contributed by atoms with Crippen LogP contribution < -0.4 is 15.1 Å². The van der Waals surface area contributed by atoms with Crippen LogP contribution in [0, 0.1) is 11.6 Å². The Hall–Kier alpha value is -3.03. The van der Waals surface area contributed by atoms with Crippen molar-refractivity contribution < 1.29 is 27.9 Å². The highest BCUT2D eigenvalue weighted by Gasteiger charge is 2.34. The van der Waals surface area contributed by atoms with Gasteiger partial charge in [0, 0.05) is 38.0 Å². The Morgan fingerprint density at radius 3 is 2.76 bits per heavy atom. The minimum absolute atomic E-state index is 0. The minimum Gasteiger partial charge on any atom is -0.474 e. The first-order chi connectivity index (χ1) is 15.9. The summed E-state index contributed by atoms with van der Waals surface area (Å²) < 4.78 is 40.2. The van der Waals surface area contributed by atoms with Crippen LogP contribution in [0.1, 0.15) is 13.1 Å². The summed E-state index contributed by atoms with van der Waals surface area (Å²) in [5, 5.41) is 4.68. The number of carbonyl (C=O) groups excluding carboxylic acids is 1. The number of benzene rings is 1. The molecule has 2 saturated heterocycles. The molecule has 1 amide bonds. The number of hydrogen-bond donors (Lipinski definition) is 2. The number of imidazole rings is 1. The van der Waals surface area contributed by atoms with Gasteiger partial charge in [0.2, 0.25) is 0 Å². The van der Waals surface area contributed by atoms with Gasteiger partial charge in [-0.2, -0.15) is 5.06 Å². The van der Waals surface area contributed by atoms with E-state index in [-0.39, 0.29) is 43.7 Å². The van der Waals surface area contributed by atoms with E-state index in [2.05, 4.69) is 15.3 Å². The molecule has 1 aromatic carbocycles. The average Bonchev–Trinajstić information content (AvgIpc) is 3.37. The maximum Gasteiger partial charge on any atom is 0.414 e. The van der Waals surface area contributed by atoms with E-state index in [1.54, 1.807) is 22.5 Å². The van der Waals surface area contributed by atoms with Crippen LogP contribution in [-0.2, 0) is 20.9 Å². The Morgan fingerprint density at radius 1 is 1.32 bits per heavy atom. The summed E-state index contributed by atoms with van der Waals surface area (Å²) >= 11 is 4.89. The number of rotatable bonds is 6. The largest absolute Gasteiger partial charge is 0.474 e. The number of thiocarbonyl (C=S) groups is 1. The van der Waals surface area contributed by atoms with Crippen LogP contribution in [0.3, 0.4) is 0 Å². The Bertz CT molecular complexity index is 973. The van der Waals surface area contributed by atoms with Gasteiger partial charge in [-0.25, -0.2) is 18.6 Å². The lowest BCUT2D eigenvalue weighted by molar-refractivity contribution is -0.155. The van der Waals surface area contributed by atoms with Crippen LogP contribution in [0.15, 0.2) is 24.7 Å². The Balaban J connectivity index is 0.00000324. The van der Waals surface area contributed by atoms with E-state index in [9.17, 15) is 4.79 Å². The summed E-state index contributed by atoms with van der Waals surface area (Å²) in [5.74, 6) is -1.52. The van der Waals surface area contributed by atoms with Gasteiger partial charge in [-0.1, -0.05) is 7.43 Å². The molecule has 1 aromatic heterocycles. The molecule has 1 atom stereocenters. The van der Waals surface area contributed by atoms with E-state index in [4.69, 9.17) is 26.5 Å². The average molecular weight is 499 g/mol. The maximum atomic E-state index is 15.0. The molecule has 0 spiro atoms. The second-order valence-corrected chi connectivity index (χ2v) is 7.88. The van der Waals surface area contributed by atoms with Gasteiger partial charge in [-0.05, 0) is 12.2 Å². The van der Waals surface area contributed by atoms with E-state index in [0.717, 1.165) is 17.8 Å². The van der Waals surface area contributed by atoms with Crippen LogP contribution in [0.4, 0.5) is 25.0 Å². The van der Waals surface area contributed by atoms with Gasteiger partial charge in [-0.15, -0.1) is 0 Å². The predicted molar refractivity (Wildman–Crippen MR) is 125 cm³/mol. The smallest absolute Gasteiger partial charge is 0.414 e. The summed E-state index contributed by atoms with van der Waals surface area (Å²) in [6.07, 6.45) is 2.05. The molecule has 2 aliphatic rings. The SMILES string of the molecule is C.COC(=S)NC[C@H]1CN(c2cc(F)c(N3CCON(Cc4cnc[nH]4)CC3)c(F)c2)C(=O)O1. The number of hydrogen-bond acceptors (Lipinski definition) is 8. The highest BCUT2D eigenvalue weighted by molar-refractivity contribution is 7.80. The summed E-state index contributed by atoms with van der Waals surface area (Å²) in [7, 11) is 1.42. The number of nitrogens with one attached hydrogen (secondary N) is 2. The molecule has 4 rings (SSSR count). The molecule has 2 aromatic rings. The Labute approximate surface area is 201 Å². The first-order valence-electron chi connectivity index (χ1n) is 10.3. The molecule has 2 aliphatic heterocycles. The summed E-state index contributed by atoms with van der Waals surface area (Å²) in [5.41, 5.74) is 0.810. The Morgan fingerprint density at radius 2 is 2.09 bits per heavy atom. The molecular weight excluding hydrogens is 470 g/mol. The zero-order valence-corrected chi connectivity index (χ0v) is 18.7. The van der Waals surface area contributed by atoms with Crippen molar-refractivity contribution in [1.82, 2.24) is 20.3 Å². The van der Waals surface area contributed by atoms with E-state index >= 15 is 8.78 Å². The zero-order valence-electron chi connectivity index (χ0n) is 17.9. The van der Waals surface area contributed by atoms with Crippen LogP contribution in [-0.4, -0.2) is 78.8 Å². The molecule has 0 radical (unpaired) electrons. The third-order valence-electron chi connectivity index (χ3n) is 5.32. The number of hydroxylamine groups is 2. The second kappa shape index (κ2) is 11.4. The van der Waals surface area contributed by atoms with Crippen molar-refractivity contribution in [2.75, 3.05) is 56.2 Å². The quantitative estimate of drug-likeness (QED) is 0.582. The van der Waals surface area contributed by atoms with Gasteiger partial charge in [0.15, 0.2) is 11.6 Å². The second-order valence-electron chi connectivity index (χ2n) is 7.51. The number of anilines is 2. The molecule has 2 fully saturated rings. The maximum absolute atomic E-state index is 15.0. The monoisotopic (exact) mass is 498 g/mol. The van der Waals surface area contributed by atoms with Gasteiger partial charge >= 0.3 is 6.09 Å². The van der Waals surface area contributed by atoms with Crippen molar-refractivity contribution in [3.8, 4) is 0 Å². The van der Waals surface area contributed by atoms with Gasteiger partial charge in [-0.3, -0.25) is 9.74 Å². The lowest BCUT2D eigenvalue weighted by Gasteiger charge is -2.24. The van der Waals surface area contributed by atoms with E-state index < -0.39 is 23.8 Å². The van der Waals surface area contributed by atoms with Crippen LogP contribution in [0.2, 0.25) is 0 Å². The van der Waals surface area contributed by atoms with E-state index in [1.807, 2.05) is 0 Å². The molecule has 10 nitrogen and oxygen atoms in total. The zero-order chi connectivity index (χ0) is 23.4. The first kappa shape index (κ1) is 25.6. The number of halogens is 2. The van der Waals surface area contributed by atoms with E-state index in [0.29, 0.717) is 26.2 Å². The number of H-pyrrole nitrogens is 1. The topological polar surface area (TPSA) is 95.2 Å². The van der Waals surface area contributed by atoms with Crippen molar-refractivity contribution >= 4 is 34.9 Å². The molecule has 0 saturated carbocycles. The molecule has 13 heteroatoms. The number of nitrogens with zero attached hydrogens (tertiary/aromatic N) is 4. The minimum atomic E-state index is -0.762. The number of aromatic nitrogens is 2. The van der Waals surface area contributed by atoms with Crippen molar-refractivity contribution in [2.45, 2.75) is 20.1 Å². The number of aromatic amines is 1.